The molecule has 0 aliphatic carbocycles. The number of urea groups is 1. The van der Waals surface area contributed by atoms with E-state index in [9.17, 15) is 9.59 Å². The molecule has 0 heterocycles. The molecule has 0 radical (unpaired) electrons. The predicted octanol–water partition coefficient (Wildman–Crippen LogP) is 2.82. The van der Waals surface area contributed by atoms with E-state index in [1.54, 1.807) is 6.92 Å². The first-order valence-corrected chi connectivity index (χ1v) is 7.50. The van der Waals surface area contributed by atoms with Crippen LogP contribution in [0.25, 0.3) is 0 Å². The van der Waals surface area contributed by atoms with Crippen molar-refractivity contribution < 1.29 is 9.59 Å². The van der Waals surface area contributed by atoms with Gasteiger partial charge in [0.05, 0.1) is 0 Å². The summed E-state index contributed by atoms with van der Waals surface area (Å²) >= 11 is 0. The summed E-state index contributed by atoms with van der Waals surface area (Å²) in [6.07, 6.45) is 0. The molecule has 0 bridgehead atoms. The van der Waals surface area contributed by atoms with Crippen LogP contribution in [0.4, 0.5) is 10.5 Å². The highest BCUT2D eigenvalue weighted by Gasteiger charge is 2.15. The van der Waals surface area contributed by atoms with Crippen molar-refractivity contribution in [1.29, 1.82) is 0 Å². The molecular weight excluding hydrogens is 290 g/mol. The lowest BCUT2D eigenvalue weighted by molar-refractivity contribution is -0.120. The van der Waals surface area contributed by atoms with Crippen molar-refractivity contribution in [2.75, 3.05) is 5.32 Å². The van der Waals surface area contributed by atoms with Gasteiger partial charge in [0.1, 0.15) is 6.04 Å². The van der Waals surface area contributed by atoms with Crippen molar-refractivity contribution in [3.05, 3.63) is 65.7 Å². The first-order chi connectivity index (χ1) is 11.0. The number of anilines is 1. The molecule has 2 aromatic rings. The van der Waals surface area contributed by atoms with E-state index in [2.05, 4.69) is 16.0 Å². The van der Waals surface area contributed by atoms with Crippen molar-refractivity contribution in [2.45, 2.75) is 26.4 Å². The van der Waals surface area contributed by atoms with E-state index in [1.165, 1.54) is 0 Å². The molecule has 3 N–H and O–H groups in total. The molecule has 23 heavy (non-hydrogen) atoms. The highest BCUT2D eigenvalue weighted by molar-refractivity contribution is 5.97. The molecule has 0 aliphatic heterocycles. The van der Waals surface area contributed by atoms with E-state index >= 15 is 0 Å². The second kappa shape index (κ2) is 7.98. The largest absolute Gasteiger partial charge is 0.374 e. The van der Waals surface area contributed by atoms with E-state index in [-0.39, 0.29) is 5.91 Å². The van der Waals surface area contributed by atoms with E-state index in [1.807, 2.05) is 61.5 Å². The van der Waals surface area contributed by atoms with Gasteiger partial charge in [-0.15, -0.1) is 0 Å². The number of nitrogens with one attached hydrogen (secondary N) is 3. The Morgan fingerprint density at radius 3 is 2.30 bits per heavy atom. The maximum absolute atomic E-state index is 12.0. The normalized spacial score (nSPS) is 11.4. The Hall–Kier alpha value is -2.82. The molecule has 3 amide bonds. The zero-order valence-corrected chi connectivity index (χ0v) is 13.3. The molecule has 0 spiro atoms. The fourth-order valence-electron chi connectivity index (χ4n) is 2.01. The number of aryl methyl sites for hydroxylation is 1. The van der Waals surface area contributed by atoms with Crippen LogP contribution in [0.2, 0.25) is 0 Å². The van der Waals surface area contributed by atoms with Crippen molar-refractivity contribution in [1.82, 2.24) is 10.6 Å². The molecule has 1 unspecified atom stereocenters. The monoisotopic (exact) mass is 311 g/mol. The summed E-state index contributed by atoms with van der Waals surface area (Å²) in [5.74, 6) is -0.379. The second-order valence-electron chi connectivity index (χ2n) is 5.39. The average Bonchev–Trinajstić information content (AvgIpc) is 2.56. The summed E-state index contributed by atoms with van der Waals surface area (Å²) in [5.41, 5.74) is 2.96. The zero-order valence-electron chi connectivity index (χ0n) is 13.3. The van der Waals surface area contributed by atoms with E-state index in [0.29, 0.717) is 6.54 Å². The Balaban J connectivity index is 1.78. The lowest BCUT2D eigenvalue weighted by Crippen LogP contribution is -2.45. The van der Waals surface area contributed by atoms with Gasteiger partial charge in [-0.3, -0.25) is 10.1 Å². The van der Waals surface area contributed by atoms with Gasteiger partial charge in [-0.1, -0.05) is 48.0 Å². The number of carbonyl (C=O) groups excluding carboxylic acids is 2. The van der Waals surface area contributed by atoms with Crippen molar-refractivity contribution in [3.8, 4) is 0 Å². The third kappa shape index (κ3) is 5.47. The summed E-state index contributed by atoms with van der Waals surface area (Å²) in [7, 11) is 0. The Morgan fingerprint density at radius 2 is 1.65 bits per heavy atom. The summed E-state index contributed by atoms with van der Waals surface area (Å²) in [6, 6.07) is 16.2. The lowest BCUT2D eigenvalue weighted by atomic mass is 10.2. The van der Waals surface area contributed by atoms with Gasteiger partial charge in [-0.2, -0.15) is 0 Å². The van der Waals surface area contributed by atoms with Crippen LogP contribution in [0.15, 0.2) is 54.6 Å². The molecule has 2 aromatic carbocycles. The maximum Gasteiger partial charge on any atom is 0.321 e. The van der Waals surface area contributed by atoms with Gasteiger partial charge < -0.3 is 10.6 Å². The summed E-state index contributed by atoms with van der Waals surface area (Å²) in [4.78, 5) is 23.8. The van der Waals surface area contributed by atoms with Gasteiger partial charge in [0, 0.05) is 12.2 Å². The third-order valence-corrected chi connectivity index (χ3v) is 3.36. The number of hydrogen-bond acceptors (Lipinski definition) is 3. The summed E-state index contributed by atoms with van der Waals surface area (Å²) in [5, 5.41) is 8.04. The molecule has 2 rings (SSSR count). The van der Waals surface area contributed by atoms with Gasteiger partial charge in [0.25, 0.3) is 0 Å². The molecule has 1 atom stereocenters. The average molecular weight is 311 g/mol. The number of benzene rings is 2. The van der Waals surface area contributed by atoms with Crippen molar-refractivity contribution in [3.63, 3.8) is 0 Å². The Morgan fingerprint density at radius 1 is 1.00 bits per heavy atom. The minimum atomic E-state index is -0.514. The third-order valence-electron chi connectivity index (χ3n) is 3.36. The number of rotatable bonds is 5. The first kappa shape index (κ1) is 16.5. The quantitative estimate of drug-likeness (QED) is 0.795. The Kier molecular flexibility index (Phi) is 5.74. The maximum atomic E-state index is 12.0. The smallest absolute Gasteiger partial charge is 0.321 e. The fraction of sp³-hybridized carbons (Fsp3) is 0.222. The lowest BCUT2D eigenvalue weighted by Gasteiger charge is -2.15. The Bertz CT molecular complexity index is 654. The molecule has 5 nitrogen and oxygen atoms in total. The fourth-order valence-corrected chi connectivity index (χ4v) is 2.01. The molecule has 0 saturated heterocycles. The summed E-state index contributed by atoms with van der Waals surface area (Å²) in [6.45, 7) is 4.08. The van der Waals surface area contributed by atoms with E-state index in [0.717, 1.165) is 16.8 Å². The standard InChI is InChI=1S/C18H21N3O2/c1-13-8-10-16(11-9-13)20-14(2)17(22)21-18(23)19-12-15-6-4-3-5-7-15/h3-11,14,20H,12H2,1-2H3,(H2,19,21,22,23). The molecule has 120 valence electrons. The van der Waals surface area contributed by atoms with Crippen LogP contribution in [-0.2, 0) is 11.3 Å². The van der Waals surface area contributed by atoms with Gasteiger partial charge in [-0.05, 0) is 31.5 Å². The zero-order chi connectivity index (χ0) is 16.7. The molecule has 0 aromatic heterocycles. The van der Waals surface area contributed by atoms with Crippen LogP contribution in [0.1, 0.15) is 18.1 Å². The number of amides is 3. The predicted molar refractivity (Wildman–Crippen MR) is 91.1 cm³/mol. The SMILES string of the molecule is Cc1ccc(NC(C)C(=O)NC(=O)NCc2ccccc2)cc1. The number of hydrogen-bond donors (Lipinski definition) is 3. The van der Waals surface area contributed by atoms with Crippen molar-refractivity contribution >= 4 is 17.6 Å². The van der Waals surface area contributed by atoms with Crippen LogP contribution in [-0.4, -0.2) is 18.0 Å². The van der Waals surface area contributed by atoms with Gasteiger partial charge in [-0.25, -0.2) is 4.79 Å². The molecule has 0 saturated carbocycles. The van der Waals surface area contributed by atoms with Gasteiger partial charge >= 0.3 is 6.03 Å². The van der Waals surface area contributed by atoms with Gasteiger partial charge in [0.2, 0.25) is 5.91 Å². The number of imide groups is 1. The molecule has 0 aliphatic rings. The topological polar surface area (TPSA) is 70.2 Å². The van der Waals surface area contributed by atoms with Crippen LogP contribution < -0.4 is 16.0 Å². The highest BCUT2D eigenvalue weighted by Crippen LogP contribution is 2.09. The minimum Gasteiger partial charge on any atom is -0.374 e. The van der Waals surface area contributed by atoms with Crippen LogP contribution in [0, 0.1) is 6.92 Å². The van der Waals surface area contributed by atoms with Crippen LogP contribution >= 0.6 is 0 Å². The van der Waals surface area contributed by atoms with Crippen molar-refractivity contribution in [2.24, 2.45) is 0 Å². The molecule has 5 heteroatoms. The first-order valence-electron chi connectivity index (χ1n) is 7.50. The minimum absolute atomic E-state index is 0.375. The van der Waals surface area contributed by atoms with Crippen LogP contribution in [0.3, 0.4) is 0 Å². The highest BCUT2D eigenvalue weighted by atomic mass is 16.2. The summed E-state index contributed by atoms with van der Waals surface area (Å²) < 4.78 is 0. The van der Waals surface area contributed by atoms with E-state index in [4.69, 9.17) is 0 Å². The number of carbonyl (C=O) groups is 2. The van der Waals surface area contributed by atoms with Gasteiger partial charge in [0.15, 0.2) is 0 Å². The van der Waals surface area contributed by atoms with Crippen LogP contribution in [0.5, 0.6) is 0 Å². The molecular formula is C18H21N3O2. The van der Waals surface area contributed by atoms with E-state index < -0.39 is 12.1 Å². The Labute approximate surface area is 136 Å². The second-order valence-corrected chi connectivity index (χ2v) is 5.39. The molecule has 0 fully saturated rings.